The lowest BCUT2D eigenvalue weighted by Gasteiger charge is -2.22. The van der Waals surface area contributed by atoms with Crippen molar-refractivity contribution < 1.29 is 14.3 Å². The number of methoxy groups -OCH3 is 1. The highest BCUT2D eigenvalue weighted by atomic mass is 16.5. The fraction of sp³-hybridized carbons (Fsp3) is 0.929. The molecule has 19 heavy (non-hydrogen) atoms. The third kappa shape index (κ3) is 8.83. The van der Waals surface area contributed by atoms with Crippen molar-refractivity contribution in [1.29, 1.82) is 0 Å². The highest BCUT2D eigenvalue weighted by Gasteiger charge is 2.14. The molecule has 5 nitrogen and oxygen atoms in total. The average molecular weight is 272 g/mol. The van der Waals surface area contributed by atoms with Crippen LogP contribution in [0.5, 0.6) is 0 Å². The summed E-state index contributed by atoms with van der Waals surface area (Å²) in [6.45, 7) is 2.73. The Kier molecular flexibility index (Phi) is 9.45. The Balaban J connectivity index is 1.87. The monoisotopic (exact) mass is 272 g/mol. The summed E-state index contributed by atoms with van der Waals surface area (Å²) in [7, 11) is 1.66. The van der Waals surface area contributed by atoms with Crippen molar-refractivity contribution in [2.75, 3.05) is 33.5 Å². The number of rotatable bonds is 9. The number of ether oxygens (including phenoxy) is 2. The van der Waals surface area contributed by atoms with Gasteiger partial charge in [0.15, 0.2) is 0 Å². The maximum Gasteiger partial charge on any atom is 0.315 e. The summed E-state index contributed by atoms with van der Waals surface area (Å²) < 4.78 is 10.2. The van der Waals surface area contributed by atoms with Gasteiger partial charge in [0.05, 0.1) is 13.2 Å². The summed E-state index contributed by atoms with van der Waals surface area (Å²) in [6, 6.07) is 0.360. The Bertz CT molecular complexity index is 231. The summed E-state index contributed by atoms with van der Waals surface area (Å²) in [5, 5.41) is 5.94. The summed E-state index contributed by atoms with van der Waals surface area (Å²) >= 11 is 0. The van der Waals surface area contributed by atoms with E-state index in [1.807, 2.05) is 0 Å². The van der Waals surface area contributed by atoms with Crippen LogP contribution < -0.4 is 10.6 Å². The van der Waals surface area contributed by atoms with Crippen molar-refractivity contribution in [1.82, 2.24) is 10.6 Å². The van der Waals surface area contributed by atoms with E-state index in [2.05, 4.69) is 10.6 Å². The molecule has 0 spiro atoms. The van der Waals surface area contributed by atoms with E-state index in [9.17, 15) is 4.79 Å². The van der Waals surface area contributed by atoms with E-state index in [1.54, 1.807) is 7.11 Å². The minimum absolute atomic E-state index is 0.0211. The molecule has 0 unspecified atom stereocenters. The maximum absolute atomic E-state index is 11.6. The van der Waals surface area contributed by atoms with Crippen LogP contribution in [0.3, 0.4) is 0 Å². The van der Waals surface area contributed by atoms with Crippen molar-refractivity contribution in [3.8, 4) is 0 Å². The quantitative estimate of drug-likeness (QED) is 0.632. The molecule has 0 bridgehead atoms. The van der Waals surface area contributed by atoms with Crippen LogP contribution in [0.1, 0.15) is 44.9 Å². The van der Waals surface area contributed by atoms with Crippen molar-refractivity contribution >= 4 is 6.03 Å². The normalized spacial score (nSPS) is 16.3. The molecule has 1 fully saturated rings. The molecule has 1 saturated carbocycles. The number of hydrogen-bond acceptors (Lipinski definition) is 3. The molecular weight excluding hydrogens is 244 g/mol. The fourth-order valence-electron chi connectivity index (χ4n) is 2.26. The second-order valence-electron chi connectivity index (χ2n) is 5.05. The Hall–Kier alpha value is -0.810. The minimum Gasteiger partial charge on any atom is -0.382 e. The third-order valence-corrected chi connectivity index (χ3v) is 3.37. The lowest BCUT2D eigenvalue weighted by molar-refractivity contribution is 0.0688. The van der Waals surface area contributed by atoms with Gasteiger partial charge in [0.25, 0.3) is 0 Å². The zero-order valence-electron chi connectivity index (χ0n) is 12.1. The molecule has 0 radical (unpaired) electrons. The van der Waals surface area contributed by atoms with E-state index >= 15 is 0 Å². The largest absolute Gasteiger partial charge is 0.382 e. The Morgan fingerprint density at radius 1 is 1.11 bits per heavy atom. The Labute approximate surface area is 116 Å². The number of carbonyl (C=O) groups is 1. The number of carbonyl (C=O) groups excluding carboxylic acids is 1. The summed E-state index contributed by atoms with van der Waals surface area (Å²) in [6.07, 6.45) is 7.95. The molecule has 1 aliphatic rings. The molecule has 5 heteroatoms. The number of nitrogens with one attached hydrogen (secondary N) is 2. The lowest BCUT2D eigenvalue weighted by atomic mass is 9.96. The zero-order chi connectivity index (χ0) is 13.8. The van der Waals surface area contributed by atoms with E-state index in [-0.39, 0.29) is 6.03 Å². The zero-order valence-corrected chi connectivity index (χ0v) is 12.1. The molecule has 0 saturated heterocycles. The van der Waals surface area contributed by atoms with Crippen LogP contribution in [-0.2, 0) is 9.47 Å². The van der Waals surface area contributed by atoms with Crippen molar-refractivity contribution in [2.45, 2.75) is 51.0 Å². The van der Waals surface area contributed by atoms with Gasteiger partial charge in [-0.2, -0.15) is 0 Å². The van der Waals surface area contributed by atoms with Gasteiger partial charge in [-0.15, -0.1) is 0 Å². The van der Waals surface area contributed by atoms with E-state index in [1.165, 1.54) is 19.3 Å². The summed E-state index contributed by atoms with van der Waals surface area (Å²) in [4.78, 5) is 11.6. The number of amides is 2. The topological polar surface area (TPSA) is 59.6 Å². The van der Waals surface area contributed by atoms with Gasteiger partial charge in [-0.1, -0.05) is 19.3 Å². The molecule has 0 aromatic rings. The van der Waals surface area contributed by atoms with Crippen LogP contribution >= 0.6 is 0 Å². The minimum atomic E-state index is -0.0211. The highest BCUT2D eigenvalue weighted by Crippen LogP contribution is 2.16. The second kappa shape index (κ2) is 11.1. The van der Waals surface area contributed by atoms with E-state index in [4.69, 9.17) is 9.47 Å². The molecule has 112 valence electrons. The lowest BCUT2D eigenvalue weighted by Crippen LogP contribution is -2.43. The molecule has 0 atom stereocenters. The first-order chi connectivity index (χ1) is 9.33. The van der Waals surface area contributed by atoms with Crippen LogP contribution in [0.15, 0.2) is 0 Å². The number of unbranched alkanes of at least 4 members (excludes halogenated alkanes) is 1. The number of urea groups is 1. The first-order valence-corrected chi connectivity index (χ1v) is 7.44. The van der Waals surface area contributed by atoms with Crippen LogP contribution in [0.2, 0.25) is 0 Å². The third-order valence-electron chi connectivity index (χ3n) is 3.37. The highest BCUT2D eigenvalue weighted by molar-refractivity contribution is 5.74. The van der Waals surface area contributed by atoms with Gasteiger partial charge < -0.3 is 20.1 Å². The molecule has 1 rings (SSSR count). The predicted octanol–water partition coefficient (Wildman–Crippen LogP) is 2.06. The molecule has 0 aliphatic heterocycles. The molecule has 0 heterocycles. The fourth-order valence-corrected chi connectivity index (χ4v) is 2.26. The predicted molar refractivity (Wildman–Crippen MR) is 75.3 cm³/mol. The molecule has 2 N–H and O–H groups in total. The van der Waals surface area contributed by atoms with Gasteiger partial charge in [0.1, 0.15) is 0 Å². The maximum atomic E-state index is 11.6. The number of hydrogen-bond donors (Lipinski definition) is 2. The van der Waals surface area contributed by atoms with Gasteiger partial charge in [0, 0.05) is 26.3 Å². The second-order valence-corrected chi connectivity index (χ2v) is 5.05. The Morgan fingerprint density at radius 2 is 1.89 bits per heavy atom. The van der Waals surface area contributed by atoms with Crippen molar-refractivity contribution in [3.63, 3.8) is 0 Å². The first kappa shape index (κ1) is 16.2. The van der Waals surface area contributed by atoms with Crippen LogP contribution in [0, 0.1) is 0 Å². The van der Waals surface area contributed by atoms with Crippen molar-refractivity contribution in [3.05, 3.63) is 0 Å². The summed E-state index contributed by atoms with van der Waals surface area (Å²) in [5.41, 5.74) is 0. The van der Waals surface area contributed by atoms with Gasteiger partial charge >= 0.3 is 6.03 Å². The van der Waals surface area contributed by atoms with Gasteiger partial charge in [0.2, 0.25) is 0 Å². The van der Waals surface area contributed by atoms with Crippen LogP contribution in [0.4, 0.5) is 4.79 Å². The van der Waals surface area contributed by atoms with Gasteiger partial charge in [-0.3, -0.25) is 0 Å². The molecule has 0 aromatic heterocycles. The SMILES string of the molecule is COCCOCCCCNC(=O)NC1CCCCC1. The summed E-state index contributed by atoms with van der Waals surface area (Å²) in [5.74, 6) is 0. The molecule has 1 aliphatic carbocycles. The standard InChI is InChI=1S/C14H28N2O3/c1-18-11-12-19-10-6-5-9-15-14(17)16-13-7-3-2-4-8-13/h13H,2-12H2,1H3,(H2,15,16,17). The van der Waals surface area contributed by atoms with E-state index in [0.29, 0.717) is 25.8 Å². The molecular formula is C14H28N2O3. The average Bonchev–Trinajstić information content (AvgIpc) is 2.43. The van der Waals surface area contributed by atoms with Gasteiger partial charge in [-0.25, -0.2) is 4.79 Å². The smallest absolute Gasteiger partial charge is 0.315 e. The van der Waals surface area contributed by atoms with Crippen LogP contribution in [0.25, 0.3) is 0 Å². The molecule has 2 amide bonds. The first-order valence-electron chi connectivity index (χ1n) is 7.44. The van der Waals surface area contributed by atoms with E-state index in [0.717, 1.165) is 32.3 Å². The Morgan fingerprint density at radius 3 is 2.63 bits per heavy atom. The van der Waals surface area contributed by atoms with Crippen molar-refractivity contribution in [2.24, 2.45) is 0 Å². The van der Waals surface area contributed by atoms with Crippen LogP contribution in [-0.4, -0.2) is 45.5 Å². The van der Waals surface area contributed by atoms with Gasteiger partial charge in [-0.05, 0) is 25.7 Å². The van der Waals surface area contributed by atoms with E-state index < -0.39 is 0 Å². The molecule has 0 aromatic carbocycles.